The van der Waals surface area contributed by atoms with Crippen molar-refractivity contribution in [1.29, 1.82) is 0 Å². The molecule has 0 aliphatic heterocycles. The van der Waals surface area contributed by atoms with Gasteiger partial charge >= 0.3 is 0 Å². The highest BCUT2D eigenvalue weighted by molar-refractivity contribution is 5.93. The van der Waals surface area contributed by atoms with E-state index in [-0.39, 0.29) is 5.41 Å². The van der Waals surface area contributed by atoms with E-state index in [2.05, 4.69) is 81.0 Å². The van der Waals surface area contributed by atoms with Crippen LogP contribution in [0.15, 0.2) is 71.7 Å². The van der Waals surface area contributed by atoms with Crippen molar-refractivity contribution in [3.63, 3.8) is 0 Å². The molecular weight excluding hydrogens is 406 g/mol. The van der Waals surface area contributed by atoms with Crippen LogP contribution < -0.4 is 0 Å². The fourth-order valence-corrected chi connectivity index (χ4v) is 4.52. The van der Waals surface area contributed by atoms with E-state index in [9.17, 15) is 0 Å². The zero-order valence-corrected chi connectivity index (χ0v) is 19.9. The van der Waals surface area contributed by atoms with Crippen molar-refractivity contribution in [1.82, 2.24) is 15.0 Å². The minimum absolute atomic E-state index is 0.0135. The number of rotatable bonds is 4. The van der Waals surface area contributed by atoms with Crippen LogP contribution in [0.3, 0.4) is 0 Å². The third kappa shape index (κ3) is 4.02. The van der Waals surface area contributed by atoms with E-state index in [0.29, 0.717) is 5.92 Å². The summed E-state index contributed by atoms with van der Waals surface area (Å²) >= 11 is 0. The zero-order valence-electron chi connectivity index (χ0n) is 19.9. The number of pyridine rings is 1. The minimum Gasteiger partial charge on any atom is -0.462 e. The van der Waals surface area contributed by atoms with E-state index >= 15 is 0 Å². The Morgan fingerprint density at radius 2 is 1.67 bits per heavy atom. The first-order valence-corrected chi connectivity index (χ1v) is 11.5. The molecule has 4 heteroatoms. The highest BCUT2D eigenvalue weighted by Gasteiger charge is 2.20. The predicted molar refractivity (Wildman–Crippen MR) is 135 cm³/mol. The van der Waals surface area contributed by atoms with E-state index in [1.807, 2.05) is 18.3 Å². The second kappa shape index (κ2) is 8.11. The van der Waals surface area contributed by atoms with Crippen LogP contribution in [-0.2, 0) is 11.8 Å². The fourth-order valence-electron chi connectivity index (χ4n) is 4.52. The van der Waals surface area contributed by atoms with Gasteiger partial charge in [-0.05, 0) is 63.9 Å². The molecule has 0 amide bonds. The van der Waals surface area contributed by atoms with Crippen molar-refractivity contribution < 1.29 is 4.42 Å². The van der Waals surface area contributed by atoms with Crippen LogP contribution in [0.2, 0.25) is 0 Å². The summed E-state index contributed by atoms with van der Waals surface area (Å²) in [6, 6.07) is 17.1. The summed E-state index contributed by atoms with van der Waals surface area (Å²) in [4.78, 5) is 13.9. The van der Waals surface area contributed by atoms with Crippen molar-refractivity contribution in [2.75, 3.05) is 0 Å². The summed E-state index contributed by atoms with van der Waals surface area (Å²) in [5.74, 6) is 0.548. The zero-order chi connectivity index (χ0) is 23.2. The van der Waals surface area contributed by atoms with Crippen LogP contribution in [0.5, 0.6) is 0 Å². The molecule has 0 radical (unpaired) electrons. The summed E-state index contributed by atoms with van der Waals surface area (Å²) < 4.78 is 5.87. The van der Waals surface area contributed by atoms with E-state index in [0.717, 1.165) is 40.0 Å². The van der Waals surface area contributed by atoms with Crippen LogP contribution in [0, 0.1) is 5.92 Å². The summed E-state index contributed by atoms with van der Waals surface area (Å²) in [6.07, 6.45) is 6.28. The topological polar surface area (TPSA) is 51.8 Å². The van der Waals surface area contributed by atoms with Gasteiger partial charge in [-0.3, -0.25) is 4.98 Å². The number of fused-ring (bicyclic) bond motifs is 2. The van der Waals surface area contributed by atoms with Crippen molar-refractivity contribution in [2.45, 2.75) is 46.5 Å². The summed E-state index contributed by atoms with van der Waals surface area (Å²) in [6.45, 7) is 11.2. The lowest BCUT2D eigenvalue weighted by atomic mass is 9.82. The molecule has 0 saturated carbocycles. The molecule has 0 fully saturated rings. The van der Waals surface area contributed by atoms with E-state index in [1.54, 1.807) is 12.6 Å². The first kappa shape index (κ1) is 21.3. The number of nitrogens with zero attached hydrogens (tertiary/aromatic N) is 3. The third-order valence-corrected chi connectivity index (χ3v) is 6.08. The second-order valence-electron chi connectivity index (χ2n) is 10.2. The third-order valence-electron chi connectivity index (χ3n) is 6.08. The lowest BCUT2D eigenvalue weighted by molar-refractivity contribution is 0.596. The first-order chi connectivity index (χ1) is 15.8. The second-order valence-corrected chi connectivity index (χ2v) is 10.2. The standard InChI is InChI=1S/C29H29N3O/c1-18(2)12-21-16-30-27(28-23(21)10-11-33-28)26-15-25(31-17-32-26)20-13-19-8-6-7-9-22(19)24(14-20)29(3,4)5/h6-11,13-18H,12H2,1-5H3. The van der Waals surface area contributed by atoms with Crippen LogP contribution >= 0.6 is 0 Å². The Balaban J connectivity index is 1.65. The van der Waals surface area contributed by atoms with E-state index in [4.69, 9.17) is 9.40 Å². The van der Waals surface area contributed by atoms with Crippen molar-refractivity contribution in [3.8, 4) is 22.6 Å². The molecule has 2 aromatic carbocycles. The number of furan rings is 1. The van der Waals surface area contributed by atoms with Gasteiger partial charge in [0.25, 0.3) is 0 Å². The molecule has 166 valence electrons. The Morgan fingerprint density at radius 3 is 2.45 bits per heavy atom. The summed E-state index contributed by atoms with van der Waals surface area (Å²) in [5, 5.41) is 3.60. The smallest absolute Gasteiger partial charge is 0.161 e. The maximum absolute atomic E-state index is 5.87. The highest BCUT2D eigenvalue weighted by atomic mass is 16.3. The Hall–Kier alpha value is -3.53. The predicted octanol–water partition coefficient (Wildman–Crippen LogP) is 7.60. The molecule has 0 bridgehead atoms. The molecule has 3 aromatic heterocycles. The Labute approximate surface area is 194 Å². The van der Waals surface area contributed by atoms with Gasteiger partial charge in [0.05, 0.1) is 17.7 Å². The maximum atomic E-state index is 5.87. The average Bonchev–Trinajstić information content (AvgIpc) is 3.28. The fraction of sp³-hybridized carbons (Fsp3) is 0.276. The Bertz CT molecular complexity index is 1460. The average molecular weight is 436 g/mol. The quantitative estimate of drug-likeness (QED) is 0.292. The van der Waals surface area contributed by atoms with Gasteiger partial charge in [0.1, 0.15) is 12.0 Å². The normalized spacial score (nSPS) is 12.2. The molecule has 0 unspecified atom stereocenters. The van der Waals surface area contributed by atoms with Crippen molar-refractivity contribution in [2.24, 2.45) is 5.92 Å². The largest absolute Gasteiger partial charge is 0.462 e. The molecular formula is C29H29N3O. The monoisotopic (exact) mass is 435 g/mol. The molecule has 0 saturated heterocycles. The highest BCUT2D eigenvalue weighted by Crippen LogP contribution is 2.35. The molecule has 4 nitrogen and oxygen atoms in total. The summed E-state index contributed by atoms with van der Waals surface area (Å²) in [7, 11) is 0. The minimum atomic E-state index is 0.0135. The van der Waals surface area contributed by atoms with E-state index in [1.165, 1.54) is 21.9 Å². The van der Waals surface area contributed by atoms with Crippen LogP contribution in [-0.4, -0.2) is 15.0 Å². The van der Waals surface area contributed by atoms with Crippen molar-refractivity contribution >= 4 is 21.7 Å². The van der Waals surface area contributed by atoms with E-state index < -0.39 is 0 Å². The van der Waals surface area contributed by atoms with Gasteiger partial charge in [-0.1, -0.05) is 58.9 Å². The van der Waals surface area contributed by atoms with Crippen molar-refractivity contribution in [3.05, 3.63) is 78.4 Å². The van der Waals surface area contributed by atoms with Gasteiger partial charge in [0.2, 0.25) is 0 Å². The molecule has 0 spiro atoms. The molecule has 5 rings (SSSR count). The lowest BCUT2D eigenvalue weighted by Crippen LogP contribution is -2.12. The molecule has 0 aliphatic carbocycles. The first-order valence-electron chi connectivity index (χ1n) is 11.5. The maximum Gasteiger partial charge on any atom is 0.161 e. The number of hydrogen-bond donors (Lipinski definition) is 0. The van der Waals surface area contributed by atoms with Gasteiger partial charge in [0, 0.05) is 17.1 Å². The molecule has 0 N–H and O–H groups in total. The molecule has 33 heavy (non-hydrogen) atoms. The molecule has 0 atom stereocenters. The Kier molecular flexibility index (Phi) is 5.24. The van der Waals surface area contributed by atoms with Gasteiger partial charge in [-0.2, -0.15) is 0 Å². The van der Waals surface area contributed by atoms with Crippen LogP contribution in [0.1, 0.15) is 45.7 Å². The van der Waals surface area contributed by atoms with Gasteiger partial charge < -0.3 is 4.42 Å². The van der Waals surface area contributed by atoms with Crippen LogP contribution in [0.25, 0.3) is 44.4 Å². The molecule has 3 heterocycles. The molecule has 0 aliphatic rings. The van der Waals surface area contributed by atoms with Gasteiger partial charge in [0.15, 0.2) is 5.58 Å². The van der Waals surface area contributed by atoms with Gasteiger partial charge in [-0.15, -0.1) is 0 Å². The number of hydrogen-bond acceptors (Lipinski definition) is 4. The SMILES string of the molecule is CC(C)Cc1cnc(-c2cc(-c3cc(C(C)(C)C)c4ccccc4c3)ncn2)c2occc12. The molecule has 5 aromatic rings. The number of aromatic nitrogens is 3. The summed E-state index contributed by atoms with van der Waals surface area (Å²) in [5.41, 5.74) is 6.78. The van der Waals surface area contributed by atoms with Gasteiger partial charge in [-0.25, -0.2) is 9.97 Å². The van der Waals surface area contributed by atoms with Crippen LogP contribution in [0.4, 0.5) is 0 Å². The Morgan fingerprint density at radius 1 is 0.879 bits per heavy atom. The lowest BCUT2D eigenvalue weighted by Gasteiger charge is -2.22. The number of benzene rings is 2.